The van der Waals surface area contributed by atoms with Crippen LogP contribution in [0.4, 0.5) is 0 Å². The Morgan fingerprint density at radius 3 is 2.29 bits per heavy atom. The van der Waals surface area contributed by atoms with E-state index in [0.29, 0.717) is 5.92 Å². The summed E-state index contributed by atoms with van der Waals surface area (Å²) in [5.74, 6) is 0.480. The van der Waals surface area contributed by atoms with Gasteiger partial charge in [-0.15, -0.1) is 0 Å². The van der Waals surface area contributed by atoms with Crippen LogP contribution >= 0.6 is 17.2 Å². The van der Waals surface area contributed by atoms with Gasteiger partial charge in [0.2, 0.25) is 0 Å². The third-order valence-electron chi connectivity index (χ3n) is 9.80. The second-order valence-electron chi connectivity index (χ2n) is 11.8. The van der Waals surface area contributed by atoms with E-state index in [-0.39, 0.29) is 5.92 Å². The zero-order chi connectivity index (χ0) is 28.5. The molecule has 0 saturated heterocycles. The van der Waals surface area contributed by atoms with E-state index in [4.69, 9.17) is 17.2 Å². The van der Waals surface area contributed by atoms with Gasteiger partial charge in [-0.3, -0.25) is 0 Å². The topological polar surface area (TPSA) is 0 Å². The van der Waals surface area contributed by atoms with Gasteiger partial charge in [-0.2, -0.15) is 0 Å². The van der Waals surface area contributed by atoms with E-state index < -0.39 is 31.8 Å². The van der Waals surface area contributed by atoms with E-state index in [1.807, 2.05) is 0 Å². The molecule has 0 aromatic heterocycles. The molecular formula is C37H33Cl2HfSi. The average molecular weight is 755 g/mol. The van der Waals surface area contributed by atoms with Crippen molar-refractivity contribution in [3.05, 3.63) is 164 Å². The number of rotatable bonds is 4. The van der Waals surface area contributed by atoms with E-state index in [9.17, 15) is 0 Å². The number of hydrogen-bond acceptors (Lipinski definition) is 0. The van der Waals surface area contributed by atoms with Gasteiger partial charge in [0.15, 0.2) is 0 Å². The summed E-state index contributed by atoms with van der Waals surface area (Å²) in [7, 11) is 14.6. The van der Waals surface area contributed by atoms with Crippen molar-refractivity contribution in [2.24, 2.45) is 5.92 Å². The SMILES string of the molecule is CC1=CC(C)=C(C2=C(C)[C](C3=C4[SiH2]C=CC=C4c4ccccc43)([Hf]([Cl])[Cl])C3=C2C(c2ccccc2)C=CC=C3)C1C. The standard InChI is InChI=1S/C37H33Si.2ClH.Hf/c1-22-21-23(2)32(24(22)3)34-25(4)33(31-18-11-8-15-27(35(31)34)26-13-6-5-7-14-26)36-29-17-10-9-16-28(29)30-19-12-20-38-37(30)36;;;/h5-21,24,27H,38H2,1-4H3;2*1H;/q;;;+2/p-2. The Hall–Kier alpha value is -2.23. The minimum atomic E-state index is -3.40. The van der Waals surface area contributed by atoms with Crippen LogP contribution in [0, 0.1) is 5.92 Å². The van der Waals surface area contributed by atoms with Gasteiger partial charge in [0.25, 0.3) is 0 Å². The van der Waals surface area contributed by atoms with Crippen LogP contribution in [0.25, 0.3) is 11.1 Å². The Labute approximate surface area is 261 Å². The molecule has 2 aromatic carbocycles. The minimum absolute atomic E-state index is 0.126. The fraction of sp³-hybridized carbons (Fsp3) is 0.189. The van der Waals surface area contributed by atoms with Gasteiger partial charge in [-0.1, -0.05) is 0 Å². The summed E-state index contributed by atoms with van der Waals surface area (Å²) in [5.41, 5.74) is 19.0. The molecule has 3 unspecified atom stereocenters. The van der Waals surface area contributed by atoms with Gasteiger partial charge in [-0.05, 0) is 0 Å². The van der Waals surface area contributed by atoms with E-state index in [1.165, 1.54) is 72.0 Å². The Morgan fingerprint density at radius 1 is 0.854 bits per heavy atom. The van der Waals surface area contributed by atoms with Gasteiger partial charge in [0.05, 0.1) is 0 Å². The van der Waals surface area contributed by atoms with Crippen LogP contribution in [-0.4, -0.2) is 9.52 Å². The van der Waals surface area contributed by atoms with Crippen molar-refractivity contribution in [2.45, 2.75) is 36.8 Å². The van der Waals surface area contributed by atoms with E-state index in [1.54, 1.807) is 0 Å². The Balaban J connectivity index is 1.62. The number of allylic oxidation sites excluding steroid dienone is 17. The molecular weight excluding hydrogens is 722 g/mol. The van der Waals surface area contributed by atoms with Crippen molar-refractivity contribution in [1.29, 1.82) is 0 Å². The van der Waals surface area contributed by atoms with Crippen LogP contribution in [-0.2, 0) is 19.1 Å². The summed E-state index contributed by atoms with van der Waals surface area (Å²) in [6, 6.07) is 20.0. The molecule has 7 rings (SSSR count). The number of hydrogen-bond donors (Lipinski definition) is 0. The van der Waals surface area contributed by atoms with Crippen LogP contribution in [0.2, 0.25) is 3.17 Å². The van der Waals surface area contributed by atoms with Crippen molar-refractivity contribution in [3.63, 3.8) is 0 Å². The number of halogens is 2. The Bertz CT molecular complexity index is 1770. The van der Waals surface area contributed by atoms with Crippen LogP contribution in [0.15, 0.2) is 147 Å². The quantitative estimate of drug-likeness (QED) is 0.273. The molecule has 0 fully saturated rings. The number of benzene rings is 2. The molecule has 203 valence electrons. The molecule has 4 heteroatoms. The molecule has 3 atom stereocenters. The summed E-state index contributed by atoms with van der Waals surface area (Å²) < 4.78 is -0.448. The number of fused-ring (bicyclic) bond motifs is 3. The van der Waals surface area contributed by atoms with Crippen molar-refractivity contribution in [3.8, 4) is 0 Å². The summed E-state index contributed by atoms with van der Waals surface area (Å²) in [4.78, 5) is 0. The monoisotopic (exact) mass is 755 g/mol. The van der Waals surface area contributed by atoms with Crippen molar-refractivity contribution >= 4 is 37.8 Å². The first-order valence-electron chi connectivity index (χ1n) is 14.5. The molecule has 0 amide bonds. The van der Waals surface area contributed by atoms with E-state index >= 15 is 0 Å². The van der Waals surface area contributed by atoms with Gasteiger partial charge in [-0.25, -0.2) is 0 Å². The Morgan fingerprint density at radius 2 is 1.59 bits per heavy atom. The molecule has 0 nitrogen and oxygen atoms in total. The molecule has 0 radical (unpaired) electrons. The fourth-order valence-electron chi connectivity index (χ4n) is 7.94. The molecule has 0 N–H and O–H groups in total. The van der Waals surface area contributed by atoms with Gasteiger partial charge in [0, 0.05) is 0 Å². The maximum atomic E-state index is 7.62. The molecule has 41 heavy (non-hydrogen) atoms. The third kappa shape index (κ3) is 3.94. The fourth-order valence-corrected chi connectivity index (χ4v) is 20.5. The first-order valence-corrected chi connectivity index (χ1v) is 26.7. The second kappa shape index (κ2) is 10.5. The Kier molecular flexibility index (Phi) is 7.06. The van der Waals surface area contributed by atoms with Crippen LogP contribution in [0.5, 0.6) is 0 Å². The van der Waals surface area contributed by atoms with Gasteiger partial charge in [0.1, 0.15) is 0 Å². The van der Waals surface area contributed by atoms with Gasteiger partial charge >= 0.3 is 263 Å². The van der Waals surface area contributed by atoms with Crippen molar-refractivity contribution in [2.75, 3.05) is 0 Å². The first kappa shape index (κ1) is 27.6. The van der Waals surface area contributed by atoms with Crippen molar-refractivity contribution < 1.29 is 19.1 Å². The maximum absolute atomic E-state index is 7.62. The second-order valence-corrected chi connectivity index (χ2v) is 25.7. The summed E-state index contributed by atoms with van der Waals surface area (Å²) in [6.07, 6.45) is 16.2. The van der Waals surface area contributed by atoms with Gasteiger partial charge < -0.3 is 0 Å². The molecule has 2 aromatic rings. The summed E-state index contributed by atoms with van der Waals surface area (Å²) in [6.45, 7) is 9.30. The predicted octanol–water partition coefficient (Wildman–Crippen LogP) is 10.0. The van der Waals surface area contributed by atoms with Crippen LogP contribution in [0.1, 0.15) is 50.3 Å². The molecule has 1 aliphatic heterocycles. The van der Waals surface area contributed by atoms with E-state index in [0.717, 1.165) is 0 Å². The molecule has 0 spiro atoms. The van der Waals surface area contributed by atoms with E-state index in [2.05, 4.69) is 131 Å². The normalized spacial score (nSPS) is 27.0. The summed E-state index contributed by atoms with van der Waals surface area (Å²) in [5, 5.41) is 1.53. The van der Waals surface area contributed by atoms with Crippen molar-refractivity contribution in [1.82, 2.24) is 0 Å². The zero-order valence-corrected chi connectivity index (χ0v) is 30.5. The third-order valence-corrected chi connectivity index (χ3v) is 21.3. The molecule has 0 saturated carbocycles. The average Bonchev–Trinajstić information content (AvgIpc) is 3.44. The molecule has 0 bridgehead atoms. The van der Waals surface area contributed by atoms with Crippen LogP contribution in [0.3, 0.4) is 0 Å². The molecule has 1 heterocycles. The molecule has 4 aliphatic carbocycles. The summed E-state index contributed by atoms with van der Waals surface area (Å²) >= 11 is -3.40. The molecule has 5 aliphatic rings. The first-order chi connectivity index (χ1) is 19.9. The predicted molar refractivity (Wildman–Crippen MR) is 176 cm³/mol. The van der Waals surface area contributed by atoms with Crippen LogP contribution < -0.4 is 0 Å². The zero-order valence-electron chi connectivity index (χ0n) is 23.9.